The van der Waals surface area contributed by atoms with E-state index >= 15 is 0 Å². The Hall–Kier alpha value is -7.69. The van der Waals surface area contributed by atoms with E-state index in [4.69, 9.17) is 23.9 Å². The molecule has 4 N–H and O–H groups in total. The predicted molar refractivity (Wildman–Crippen MR) is 264 cm³/mol. The van der Waals surface area contributed by atoms with E-state index in [9.17, 15) is 47.1 Å². The quantitative estimate of drug-likeness (QED) is 0.0278. The number of carbonyl (C=O) groups is 5. The molecule has 72 heavy (non-hydrogen) atoms. The average Bonchev–Trinajstić information content (AvgIpc) is 3.86. The highest BCUT2D eigenvalue weighted by molar-refractivity contribution is 7.85. The molecule has 4 amide bonds. The van der Waals surface area contributed by atoms with Crippen LogP contribution in [-0.2, 0) is 49.6 Å². The largest absolute Gasteiger partial charge is 0.493 e. The summed E-state index contributed by atoms with van der Waals surface area (Å²) < 4.78 is 57.0. The number of nitrogens with zero attached hydrogens (tertiary/aromatic N) is 4. The first kappa shape index (κ1) is 52.1. The van der Waals surface area contributed by atoms with Gasteiger partial charge in [0.05, 0.1) is 67.1 Å². The van der Waals surface area contributed by atoms with Crippen LogP contribution >= 0.6 is 0 Å². The van der Waals surface area contributed by atoms with Crippen LogP contribution in [0, 0.1) is 10.1 Å². The zero-order chi connectivity index (χ0) is 52.3. The molecular weight excluding hydrogens is 955 g/mol. The molecule has 3 heterocycles. The standard InChI is InChI=1S/C50H55N7O14S/c1-29(71-48(62)52-18-21-69-23-20-56-43(58)16-17-44(56)59)30-24-39(68-7)40(27-38(30)57(63)64)70-22-19-51-47(61)36(28-72(65,66)67)54-45-31(25-41-49(2,3)33-12-8-10-14-35(33)53-41)46(60)32(45)26-42-50(4,5)34-13-9-11-15-37(34)55(42)6/h8-17,24-27,29,36,54H,18-23,28H2,1-7H3,(H,51,61)(H,52,62)(H,65,66,67)/b31-25-,42-26+. The number of para-hydroxylation sites is 2. The molecule has 0 saturated heterocycles. The number of carbonyl (C=O) groups excluding carboxylic acids is 5. The van der Waals surface area contributed by atoms with Crippen molar-refractivity contribution in [1.82, 2.24) is 20.9 Å². The number of anilines is 1. The number of ether oxygens (including phenoxy) is 4. The minimum atomic E-state index is -4.81. The lowest BCUT2D eigenvalue weighted by Gasteiger charge is -2.32. The molecule has 3 aromatic rings. The van der Waals surface area contributed by atoms with E-state index in [0.29, 0.717) is 5.71 Å². The van der Waals surface area contributed by atoms with Crippen molar-refractivity contribution in [2.24, 2.45) is 4.99 Å². The van der Waals surface area contributed by atoms with Crippen molar-refractivity contribution < 1.29 is 60.8 Å². The first-order chi connectivity index (χ1) is 34.0. The van der Waals surface area contributed by atoms with E-state index in [1.165, 1.54) is 20.1 Å². The maximum atomic E-state index is 14.3. The topological polar surface area (TPSA) is 275 Å². The Balaban J connectivity index is 1.04. The molecule has 0 saturated carbocycles. The molecular formula is C50H55N7O14S. The van der Waals surface area contributed by atoms with Crippen LogP contribution in [0.15, 0.2) is 113 Å². The van der Waals surface area contributed by atoms with Gasteiger partial charge in [-0.1, -0.05) is 64.1 Å². The van der Waals surface area contributed by atoms with Crippen LogP contribution in [0.1, 0.15) is 57.4 Å². The van der Waals surface area contributed by atoms with Gasteiger partial charge in [-0.15, -0.1) is 0 Å². The monoisotopic (exact) mass is 1010 g/mol. The molecule has 0 aromatic heterocycles. The molecule has 21 nitrogen and oxygen atoms in total. The molecule has 0 bridgehead atoms. The number of nitrogens with one attached hydrogen (secondary N) is 3. The summed E-state index contributed by atoms with van der Waals surface area (Å²) in [6.07, 6.45) is 3.59. The lowest BCUT2D eigenvalue weighted by atomic mass is 9.77. The fourth-order valence-corrected chi connectivity index (χ4v) is 9.54. The minimum absolute atomic E-state index is 0.0136. The second kappa shape index (κ2) is 21.0. The van der Waals surface area contributed by atoms with Crippen molar-refractivity contribution in [3.8, 4) is 11.5 Å². The van der Waals surface area contributed by atoms with Crippen LogP contribution in [0.5, 0.6) is 11.5 Å². The Morgan fingerprint density at radius 2 is 1.57 bits per heavy atom. The van der Waals surface area contributed by atoms with Crippen LogP contribution in [0.25, 0.3) is 0 Å². The second-order valence-electron chi connectivity index (χ2n) is 18.2. The number of fused-ring (bicyclic) bond motifs is 2. The number of methoxy groups -OCH3 is 1. The molecule has 0 fully saturated rings. The first-order valence-electron chi connectivity index (χ1n) is 22.8. The zero-order valence-electron chi connectivity index (χ0n) is 40.6. The van der Waals surface area contributed by atoms with Crippen molar-refractivity contribution in [3.63, 3.8) is 0 Å². The molecule has 380 valence electrons. The van der Waals surface area contributed by atoms with E-state index in [1.54, 1.807) is 12.2 Å². The van der Waals surface area contributed by atoms with Gasteiger partial charge in [-0.25, -0.2) is 4.79 Å². The number of rotatable bonds is 21. The van der Waals surface area contributed by atoms with Gasteiger partial charge in [-0.05, 0) is 48.4 Å². The van der Waals surface area contributed by atoms with Crippen LogP contribution in [0.3, 0.4) is 0 Å². The van der Waals surface area contributed by atoms with Gasteiger partial charge in [-0.2, -0.15) is 8.42 Å². The summed E-state index contributed by atoms with van der Waals surface area (Å²) >= 11 is 0. The highest BCUT2D eigenvalue weighted by atomic mass is 32.2. The Labute approximate surface area is 415 Å². The summed E-state index contributed by atoms with van der Waals surface area (Å²) in [5.74, 6) is -3.33. The number of ketones is 1. The number of hydrogen-bond donors (Lipinski definition) is 4. The Bertz CT molecular complexity index is 2990. The van der Waals surface area contributed by atoms with Gasteiger partial charge in [0, 0.05) is 59.1 Å². The van der Waals surface area contributed by atoms with Crippen molar-refractivity contribution in [2.75, 3.05) is 64.3 Å². The van der Waals surface area contributed by atoms with Crippen LogP contribution in [-0.4, -0.2) is 124 Å². The normalized spacial score (nSPS) is 18.4. The summed E-state index contributed by atoms with van der Waals surface area (Å²) in [4.78, 5) is 83.4. The number of allylic oxidation sites excluding steroid dienone is 5. The summed E-state index contributed by atoms with van der Waals surface area (Å²) in [5.41, 5.74) is 3.78. The molecule has 22 heteroatoms. The lowest BCUT2D eigenvalue weighted by Crippen LogP contribution is -2.51. The van der Waals surface area contributed by atoms with Crippen LogP contribution < -0.4 is 30.3 Å². The Morgan fingerprint density at radius 1 is 0.903 bits per heavy atom. The first-order valence-corrected chi connectivity index (χ1v) is 24.4. The molecule has 1 aliphatic carbocycles. The average molecular weight is 1010 g/mol. The van der Waals surface area contributed by atoms with E-state index in [0.717, 1.165) is 51.3 Å². The fourth-order valence-electron chi connectivity index (χ4n) is 8.89. The van der Waals surface area contributed by atoms with E-state index in [2.05, 4.69) is 16.0 Å². The number of amides is 4. The molecule has 2 unspecified atom stereocenters. The van der Waals surface area contributed by atoms with Gasteiger partial charge in [0.2, 0.25) is 5.91 Å². The third-order valence-corrected chi connectivity index (χ3v) is 13.5. The second-order valence-corrected chi connectivity index (χ2v) is 19.7. The Morgan fingerprint density at radius 3 is 2.22 bits per heavy atom. The highest BCUT2D eigenvalue weighted by Crippen LogP contribution is 2.48. The van der Waals surface area contributed by atoms with Gasteiger partial charge in [0.15, 0.2) is 17.3 Å². The van der Waals surface area contributed by atoms with Crippen LogP contribution in [0.4, 0.5) is 21.9 Å². The van der Waals surface area contributed by atoms with Gasteiger partial charge in [0.1, 0.15) is 24.5 Å². The Kier molecular flexibility index (Phi) is 15.2. The molecule has 0 radical (unpaired) electrons. The summed E-state index contributed by atoms with van der Waals surface area (Å²) in [6.45, 7) is 8.87. The van der Waals surface area contributed by atoms with Crippen LogP contribution in [0.2, 0.25) is 0 Å². The maximum Gasteiger partial charge on any atom is 0.407 e. The number of aliphatic imine (C=N–C) groups is 1. The van der Waals surface area contributed by atoms with Gasteiger partial charge in [-0.3, -0.25) is 43.7 Å². The molecule has 3 aromatic carbocycles. The molecule has 7 rings (SSSR count). The number of nitro groups is 1. The molecule has 0 spiro atoms. The zero-order valence-corrected chi connectivity index (χ0v) is 41.5. The number of alkyl carbamates (subject to hydrolysis) is 1. The van der Waals surface area contributed by atoms with Crippen molar-refractivity contribution in [2.45, 2.75) is 57.6 Å². The molecule has 4 aliphatic rings. The summed E-state index contributed by atoms with van der Waals surface area (Å²) in [6, 6.07) is 16.1. The number of Topliss-reactive ketones (excluding diaryl/α,β-unsaturated/α-hetero) is 1. The van der Waals surface area contributed by atoms with Crippen molar-refractivity contribution in [1.29, 1.82) is 0 Å². The number of nitro benzene ring substituents is 1. The summed E-state index contributed by atoms with van der Waals surface area (Å²) in [7, 11) is -1.65. The van der Waals surface area contributed by atoms with Gasteiger partial charge in [0.25, 0.3) is 27.6 Å². The minimum Gasteiger partial charge on any atom is -0.493 e. The number of hydrogen-bond acceptors (Lipinski definition) is 16. The third-order valence-electron chi connectivity index (χ3n) is 12.8. The maximum absolute atomic E-state index is 14.3. The number of benzene rings is 3. The highest BCUT2D eigenvalue weighted by Gasteiger charge is 2.43. The molecule has 3 aliphatic heterocycles. The summed E-state index contributed by atoms with van der Waals surface area (Å²) in [5, 5.41) is 20.3. The van der Waals surface area contributed by atoms with E-state index < -0.39 is 73.3 Å². The van der Waals surface area contributed by atoms with E-state index in [-0.39, 0.29) is 79.1 Å². The van der Waals surface area contributed by atoms with Crippen molar-refractivity contribution >= 4 is 62.5 Å². The van der Waals surface area contributed by atoms with E-state index in [1.807, 2.05) is 88.2 Å². The molecule has 2 atom stereocenters. The van der Waals surface area contributed by atoms with Crippen molar-refractivity contribution in [3.05, 3.63) is 134 Å². The van der Waals surface area contributed by atoms with Gasteiger partial charge < -0.3 is 39.8 Å². The predicted octanol–water partition coefficient (Wildman–Crippen LogP) is 4.81. The third kappa shape index (κ3) is 10.9. The number of imide groups is 1. The van der Waals surface area contributed by atoms with Gasteiger partial charge >= 0.3 is 6.09 Å². The number of likely N-dealkylation sites (N-methyl/N-ethyl adjacent to an activating group) is 1. The lowest BCUT2D eigenvalue weighted by molar-refractivity contribution is -0.386. The fraction of sp³-hybridized carbons (Fsp3) is 0.360. The SMILES string of the molecule is COc1cc(C(C)OC(=O)NCCOCCN2C(=O)C=CC2=O)c([N+](=O)[O-])cc1OCCNC(=O)C(CS(=O)(=O)O)NC1=C(/C=C2/N(C)c3ccccc3C2(C)C)C(=O)/C1=C\C1=Nc2ccccc2C1(C)C. The smallest absolute Gasteiger partial charge is 0.407 e.